The lowest BCUT2D eigenvalue weighted by Gasteiger charge is -2.17. The Labute approximate surface area is 153 Å². The third-order valence-corrected chi connectivity index (χ3v) is 6.54. The summed E-state index contributed by atoms with van der Waals surface area (Å²) in [5, 5.41) is 2.61. The zero-order valence-electron chi connectivity index (χ0n) is 14.5. The third-order valence-electron chi connectivity index (χ3n) is 3.80. The molecule has 1 unspecified atom stereocenters. The standard InChI is InChI=1S/C18H22N2O3S2/c1-14(24-3)18(21)19-16-9-11-17(12-10-16)25(22,23)20(2)13-15-7-5-4-6-8-15/h4-12,14H,13H2,1-3H3,(H,19,21). The van der Waals surface area contributed by atoms with Crippen LogP contribution in [0.2, 0.25) is 0 Å². The number of nitrogens with zero attached hydrogens (tertiary/aromatic N) is 1. The molecule has 2 rings (SSSR count). The molecule has 0 radical (unpaired) electrons. The number of hydrogen-bond donors (Lipinski definition) is 1. The Morgan fingerprint density at radius 3 is 2.28 bits per heavy atom. The number of nitrogens with one attached hydrogen (secondary N) is 1. The van der Waals surface area contributed by atoms with Gasteiger partial charge in [-0.05, 0) is 43.0 Å². The van der Waals surface area contributed by atoms with Crippen LogP contribution in [0.15, 0.2) is 59.5 Å². The van der Waals surface area contributed by atoms with Gasteiger partial charge in [-0.25, -0.2) is 8.42 Å². The Morgan fingerprint density at radius 2 is 1.72 bits per heavy atom. The van der Waals surface area contributed by atoms with Crippen molar-refractivity contribution in [3.8, 4) is 0 Å². The summed E-state index contributed by atoms with van der Waals surface area (Å²) in [6, 6.07) is 15.7. The van der Waals surface area contributed by atoms with Gasteiger partial charge in [0.05, 0.1) is 10.1 Å². The summed E-state index contributed by atoms with van der Waals surface area (Å²) in [5.74, 6) is -0.107. The predicted octanol–water partition coefficient (Wildman–Crippen LogP) is 3.20. The van der Waals surface area contributed by atoms with Crippen molar-refractivity contribution in [2.75, 3.05) is 18.6 Å². The van der Waals surface area contributed by atoms with Crippen LogP contribution in [0, 0.1) is 0 Å². The number of amides is 1. The van der Waals surface area contributed by atoms with E-state index >= 15 is 0 Å². The molecule has 1 atom stereocenters. The van der Waals surface area contributed by atoms with E-state index in [2.05, 4.69) is 5.32 Å². The van der Waals surface area contributed by atoms with Crippen LogP contribution in [0.5, 0.6) is 0 Å². The van der Waals surface area contributed by atoms with Gasteiger partial charge in [0.15, 0.2) is 0 Å². The first-order chi connectivity index (χ1) is 11.8. The molecule has 0 spiro atoms. The van der Waals surface area contributed by atoms with E-state index in [-0.39, 0.29) is 16.1 Å². The predicted molar refractivity (Wildman–Crippen MR) is 103 cm³/mol. The molecule has 5 nitrogen and oxygen atoms in total. The number of benzene rings is 2. The first-order valence-electron chi connectivity index (χ1n) is 7.78. The van der Waals surface area contributed by atoms with Crippen LogP contribution in [0.3, 0.4) is 0 Å². The van der Waals surface area contributed by atoms with E-state index in [1.807, 2.05) is 43.5 Å². The number of thioether (sulfide) groups is 1. The SMILES string of the molecule is CSC(C)C(=O)Nc1ccc(S(=O)(=O)N(C)Cc2ccccc2)cc1. The van der Waals surface area contributed by atoms with Crippen molar-refractivity contribution in [1.29, 1.82) is 0 Å². The van der Waals surface area contributed by atoms with Gasteiger partial charge in [-0.15, -0.1) is 0 Å². The number of carbonyl (C=O) groups excluding carboxylic acids is 1. The smallest absolute Gasteiger partial charge is 0.243 e. The summed E-state index contributed by atoms with van der Waals surface area (Å²) >= 11 is 1.45. The molecule has 25 heavy (non-hydrogen) atoms. The molecule has 0 saturated carbocycles. The monoisotopic (exact) mass is 378 g/mol. The molecule has 0 fully saturated rings. The quantitative estimate of drug-likeness (QED) is 0.803. The van der Waals surface area contributed by atoms with Crippen molar-refractivity contribution in [2.24, 2.45) is 0 Å². The van der Waals surface area contributed by atoms with Crippen molar-refractivity contribution in [2.45, 2.75) is 23.6 Å². The molecule has 2 aromatic rings. The van der Waals surface area contributed by atoms with E-state index < -0.39 is 10.0 Å². The van der Waals surface area contributed by atoms with Gasteiger partial charge in [0, 0.05) is 19.3 Å². The fourth-order valence-corrected chi connectivity index (χ4v) is 3.60. The molecule has 1 amide bonds. The minimum absolute atomic E-state index is 0.107. The first-order valence-corrected chi connectivity index (χ1v) is 10.5. The van der Waals surface area contributed by atoms with Crippen molar-refractivity contribution >= 4 is 33.4 Å². The molecular weight excluding hydrogens is 356 g/mol. The molecule has 0 aromatic heterocycles. The van der Waals surface area contributed by atoms with Crippen LogP contribution in [-0.4, -0.2) is 37.2 Å². The first kappa shape index (κ1) is 19.5. The maximum atomic E-state index is 12.7. The normalized spacial score (nSPS) is 12.8. The molecular formula is C18H22N2O3S2. The highest BCUT2D eigenvalue weighted by molar-refractivity contribution is 7.99. The zero-order valence-corrected chi connectivity index (χ0v) is 16.1. The molecule has 0 saturated heterocycles. The lowest BCUT2D eigenvalue weighted by atomic mass is 10.2. The molecule has 0 heterocycles. The minimum Gasteiger partial charge on any atom is -0.325 e. The fraction of sp³-hybridized carbons (Fsp3) is 0.278. The summed E-state index contributed by atoms with van der Waals surface area (Å²) in [6.07, 6.45) is 1.86. The molecule has 1 N–H and O–H groups in total. The highest BCUT2D eigenvalue weighted by atomic mass is 32.2. The third kappa shape index (κ3) is 5.07. The van der Waals surface area contributed by atoms with E-state index in [4.69, 9.17) is 0 Å². The van der Waals surface area contributed by atoms with Gasteiger partial charge >= 0.3 is 0 Å². The number of carbonyl (C=O) groups is 1. The molecule has 2 aromatic carbocycles. The van der Waals surface area contributed by atoms with E-state index in [0.29, 0.717) is 12.2 Å². The second-order valence-electron chi connectivity index (χ2n) is 5.64. The van der Waals surface area contributed by atoms with Crippen LogP contribution in [0.1, 0.15) is 12.5 Å². The van der Waals surface area contributed by atoms with Crippen molar-refractivity contribution in [3.05, 3.63) is 60.2 Å². The van der Waals surface area contributed by atoms with Gasteiger partial charge in [0.25, 0.3) is 0 Å². The molecule has 0 aliphatic heterocycles. The van der Waals surface area contributed by atoms with Gasteiger partial charge in [0.2, 0.25) is 15.9 Å². The van der Waals surface area contributed by atoms with Crippen LogP contribution in [0.25, 0.3) is 0 Å². The van der Waals surface area contributed by atoms with Crippen LogP contribution in [-0.2, 0) is 21.4 Å². The van der Waals surface area contributed by atoms with Gasteiger partial charge in [-0.1, -0.05) is 30.3 Å². The summed E-state index contributed by atoms with van der Waals surface area (Å²) in [5.41, 5.74) is 1.50. The Bertz CT molecular complexity index is 806. The largest absolute Gasteiger partial charge is 0.325 e. The van der Waals surface area contributed by atoms with Gasteiger partial charge in [-0.3, -0.25) is 4.79 Å². The van der Waals surface area contributed by atoms with Crippen LogP contribution in [0.4, 0.5) is 5.69 Å². The molecule has 0 bridgehead atoms. The number of hydrogen-bond acceptors (Lipinski definition) is 4. The topological polar surface area (TPSA) is 66.5 Å². The molecule has 134 valence electrons. The Morgan fingerprint density at radius 1 is 1.12 bits per heavy atom. The lowest BCUT2D eigenvalue weighted by molar-refractivity contribution is -0.115. The zero-order chi connectivity index (χ0) is 18.4. The average molecular weight is 379 g/mol. The number of anilines is 1. The number of rotatable bonds is 7. The summed E-state index contributed by atoms with van der Waals surface area (Å²) in [7, 11) is -2.03. The Hall–Kier alpha value is -1.83. The molecule has 0 aliphatic carbocycles. The van der Waals surface area contributed by atoms with Gasteiger partial charge < -0.3 is 5.32 Å². The summed E-state index contributed by atoms with van der Waals surface area (Å²) < 4.78 is 26.6. The van der Waals surface area contributed by atoms with Crippen LogP contribution >= 0.6 is 11.8 Å². The second-order valence-corrected chi connectivity index (χ2v) is 8.86. The van der Waals surface area contributed by atoms with Crippen molar-refractivity contribution in [3.63, 3.8) is 0 Å². The summed E-state index contributed by atoms with van der Waals surface area (Å²) in [6.45, 7) is 2.12. The maximum Gasteiger partial charge on any atom is 0.243 e. The molecule has 7 heteroatoms. The maximum absolute atomic E-state index is 12.7. The summed E-state index contributed by atoms with van der Waals surface area (Å²) in [4.78, 5) is 12.1. The second kappa shape index (κ2) is 8.51. The lowest BCUT2D eigenvalue weighted by Crippen LogP contribution is -2.26. The van der Waals surface area contributed by atoms with E-state index in [9.17, 15) is 13.2 Å². The molecule has 0 aliphatic rings. The highest BCUT2D eigenvalue weighted by Crippen LogP contribution is 2.20. The van der Waals surface area contributed by atoms with Gasteiger partial charge in [-0.2, -0.15) is 16.1 Å². The van der Waals surface area contributed by atoms with Crippen molar-refractivity contribution < 1.29 is 13.2 Å². The average Bonchev–Trinajstić information content (AvgIpc) is 2.62. The number of sulfonamides is 1. The van der Waals surface area contributed by atoms with E-state index in [0.717, 1.165) is 5.56 Å². The van der Waals surface area contributed by atoms with Crippen LogP contribution < -0.4 is 5.32 Å². The Kier molecular flexibility index (Phi) is 6.64. The Balaban J connectivity index is 2.10. The fourth-order valence-electron chi connectivity index (χ4n) is 2.17. The van der Waals surface area contributed by atoms with E-state index in [1.54, 1.807) is 19.2 Å². The highest BCUT2D eigenvalue weighted by Gasteiger charge is 2.21. The van der Waals surface area contributed by atoms with E-state index in [1.165, 1.54) is 28.2 Å². The van der Waals surface area contributed by atoms with Crippen molar-refractivity contribution in [1.82, 2.24) is 4.31 Å². The minimum atomic E-state index is -3.59. The van der Waals surface area contributed by atoms with Gasteiger partial charge in [0.1, 0.15) is 0 Å².